The van der Waals surface area contributed by atoms with Gasteiger partial charge < -0.3 is 36.8 Å². The number of rotatable bonds is 22. The average molecular weight is 552 g/mol. The average Bonchev–Trinajstić information content (AvgIpc) is 2.78. The van der Waals surface area contributed by atoms with Gasteiger partial charge in [-0.1, -0.05) is 0 Å². The van der Waals surface area contributed by atoms with Gasteiger partial charge in [0, 0.05) is 76.9 Å². The topological polar surface area (TPSA) is 83.0 Å². The van der Waals surface area contributed by atoms with E-state index in [0.29, 0.717) is 39.6 Å². The molecule has 1 N–H and O–H groups in total. The van der Waals surface area contributed by atoms with E-state index in [2.05, 4.69) is 37.9 Å². The standard InChI is InChI=1S/C25H57N3O6Si2/c1-11-29-35(30-12-2,31-13-3)21-17-19-28(25(26-23(7)8)27-24(9)10)20-18-22-36(32-14-4,33-15-5)34-16-6/h23-24H,11-22H2,1-10H3,(H,26,27). The molecule has 216 valence electrons. The Bertz CT molecular complexity index is 504. The summed E-state index contributed by atoms with van der Waals surface area (Å²) >= 11 is 0. The first-order valence-corrected chi connectivity index (χ1v) is 18.0. The summed E-state index contributed by atoms with van der Waals surface area (Å²) < 4.78 is 36.4. The third-order valence-electron chi connectivity index (χ3n) is 5.11. The van der Waals surface area contributed by atoms with E-state index in [1.165, 1.54) is 0 Å². The molecular weight excluding hydrogens is 494 g/mol. The Kier molecular flexibility index (Phi) is 20.1. The smallest absolute Gasteiger partial charge is 0.374 e. The van der Waals surface area contributed by atoms with Crippen LogP contribution in [0.4, 0.5) is 0 Å². The maximum atomic E-state index is 6.07. The van der Waals surface area contributed by atoms with Crippen LogP contribution >= 0.6 is 0 Å². The lowest BCUT2D eigenvalue weighted by atomic mass is 10.3. The van der Waals surface area contributed by atoms with Crippen molar-refractivity contribution in [2.24, 2.45) is 4.99 Å². The molecule has 0 spiro atoms. The molecule has 0 unspecified atom stereocenters. The van der Waals surface area contributed by atoms with Crippen LogP contribution in [0.1, 0.15) is 82.1 Å². The Morgan fingerprint density at radius 1 is 0.639 bits per heavy atom. The highest BCUT2D eigenvalue weighted by Gasteiger charge is 2.41. The quantitative estimate of drug-likeness (QED) is 0.115. The molecule has 0 bridgehead atoms. The Morgan fingerprint density at radius 2 is 0.972 bits per heavy atom. The molecule has 0 atom stereocenters. The fourth-order valence-electron chi connectivity index (χ4n) is 4.01. The lowest BCUT2D eigenvalue weighted by Crippen LogP contribution is -2.49. The SMILES string of the molecule is CCO[Si](CCCN(CCC[Si](OCC)(OCC)OCC)C(=NC(C)C)NC(C)C)(OCC)OCC. The van der Waals surface area contributed by atoms with Crippen molar-refractivity contribution in [2.45, 2.75) is 106 Å². The second kappa shape index (κ2) is 20.4. The molecule has 0 aromatic rings. The molecule has 36 heavy (non-hydrogen) atoms. The molecular formula is C25H57N3O6Si2. The molecule has 0 fully saturated rings. The lowest BCUT2D eigenvalue weighted by Gasteiger charge is -2.33. The van der Waals surface area contributed by atoms with Crippen molar-refractivity contribution in [2.75, 3.05) is 52.7 Å². The number of nitrogens with zero attached hydrogens (tertiary/aromatic N) is 2. The van der Waals surface area contributed by atoms with Crippen LogP contribution in [-0.4, -0.2) is 93.3 Å². The zero-order valence-corrected chi connectivity index (χ0v) is 27.0. The highest BCUT2D eigenvalue weighted by atomic mass is 28.4. The highest BCUT2D eigenvalue weighted by Crippen LogP contribution is 2.21. The van der Waals surface area contributed by atoms with Gasteiger partial charge in [-0.2, -0.15) is 0 Å². The summed E-state index contributed by atoms with van der Waals surface area (Å²) in [6.45, 7) is 25.6. The minimum absolute atomic E-state index is 0.182. The van der Waals surface area contributed by atoms with Crippen LogP contribution < -0.4 is 5.32 Å². The number of aliphatic imine (C=N–C) groups is 1. The van der Waals surface area contributed by atoms with Crippen molar-refractivity contribution in [3.63, 3.8) is 0 Å². The molecule has 0 heterocycles. The van der Waals surface area contributed by atoms with Gasteiger partial charge in [-0.3, -0.25) is 4.99 Å². The first-order valence-electron chi connectivity index (χ1n) is 14.1. The third-order valence-corrected chi connectivity index (χ3v) is 11.4. The Hall–Kier alpha value is -0.536. The molecule has 0 saturated heterocycles. The van der Waals surface area contributed by atoms with E-state index in [0.717, 1.165) is 44.0 Å². The summed E-state index contributed by atoms with van der Waals surface area (Å²) in [5.41, 5.74) is 0. The predicted octanol–water partition coefficient (Wildman–Crippen LogP) is 4.93. The minimum Gasteiger partial charge on any atom is -0.374 e. The van der Waals surface area contributed by atoms with E-state index in [9.17, 15) is 0 Å². The monoisotopic (exact) mass is 551 g/mol. The molecule has 0 amide bonds. The summed E-state index contributed by atoms with van der Waals surface area (Å²) in [6.07, 6.45) is 1.77. The Morgan fingerprint density at radius 3 is 1.22 bits per heavy atom. The number of nitrogens with one attached hydrogen (secondary N) is 1. The Balaban J connectivity index is 5.66. The van der Waals surface area contributed by atoms with Crippen LogP contribution in [-0.2, 0) is 26.6 Å². The van der Waals surface area contributed by atoms with E-state index in [4.69, 9.17) is 31.5 Å². The first-order chi connectivity index (χ1) is 17.2. The van der Waals surface area contributed by atoms with Gasteiger partial charge in [0.15, 0.2) is 5.96 Å². The zero-order chi connectivity index (χ0) is 27.5. The van der Waals surface area contributed by atoms with Gasteiger partial charge in [-0.15, -0.1) is 0 Å². The molecule has 0 aliphatic rings. The summed E-state index contributed by atoms with van der Waals surface area (Å²) in [5, 5.41) is 3.57. The van der Waals surface area contributed by atoms with Crippen LogP contribution in [0.25, 0.3) is 0 Å². The maximum absolute atomic E-state index is 6.07. The fourth-order valence-corrected chi connectivity index (χ4v) is 9.20. The summed E-state index contributed by atoms with van der Waals surface area (Å²) in [5.74, 6) is 0.924. The maximum Gasteiger partial charge on any atom is 0.500 e. The van der Waals surface area contributed by atoms with Gasteiger partial charge in [0.1, 0.15) is 0 Å². The molecule has 0 aromatic heterocycles. The third kappa shape index (κ3) is 14.4. The van der Waals surface area contributed by atoms with Gasteiger partial charge >= 0.3 is 17.6 Å². The molecule has 0 aliphatic heterocycles. The van der Waals surface area contributed by atoms with E-state index < -0.39 is 17.6 Å². The number of hydrogen-bond acceptors (Lipinski definition) is 7. The van der Waals surface area contributed by atoms with Crippen LogP contribution in [0.2, 0.25) is 12.1 Å². The summed E-state index contributed by atoms with van der Waals surface area (Å²) in [4.78, 5) is 7.27. The van der Waals surface area contributed by atoms with Gasteiger partial charge in [0.2, 0.25) is 0 Å². The molecule has 0 saturated carbocycles. The minimum atomic E-state index is -2.69. The van der Waals surface area contributed by atoms with Crippen molar-refractivity contribution < 1.29 is 26.6 Å². The van der Waals surface area contributed by atoms with Gasteiger partial charge in [0.05, 0.1) is 0 Å². The van der Waals surface area contributed by atoms with Crippen LogP contribution in [0.5, 0.6) is 0 Å². The molecule has 0 radical (unpaired) electrons. The molecule has 0 aromatic carbocycles. The summed E-state index contributed by atoms with van der Waals surface area (Å²) in [6, 6.07) is 2.00. The molecule has 11 heteroatoms. The van der Waals surface area contributed by atoms with Crippen molar-refractivity contribution in [1.29, 1.82) is 0 Å². The van der Waals surface area contributed by atoms with Crippen molar-refractivity contribution >= 4 is 23.6 Å². The van der Waals surface area contributed by atoms with Crippen LogP contribution in [0.15, 0.2) is 4.99 Å². The van der Waals surface area contributed by atoms with Gasteiger partial charge in [0.25, 0.3) is 0 Å². The normalized spacial score (nSPS) is 13.2. The first kappa shape index (κ1) is 35.5. The van der Waals surface area contributed by atoms with Crippen molar-refractivity contribution in [1.82, 2.24) is 10.2 Å². The zero-order valence-electron chi connectivity index (χ0n) is 25.0. The second-order valence-corrected chi connectivity index (χ2v) is 14.5. The fraction of sp³-hybridized carbons (Fsp3) is 0.960. The van der Waals surface area contributed by atoms with Gasteiger partial charge in [-0.05, 0) is 82.1 Å². The second-order valence-electron chi connectivity index (χ2n) is 9.00. The lowest BCUT2D eigenvalue weighted by molar-refractivity contribution is 0.0702. The van der Waals surface area contributed by atoms with Gasteiger partial charge in [-0.25, -0.2) is 0 Å². The largest absolute Gasteiger partial charge is 0.500 e. The van der Waals surface area contributed by atoms with Crippen molar-refractivity contribution in [3.8, 4) is 0 Å². The molecule has 0 rings (SSSR count). The predicted molar refractivity (Wildman–Crippen MR) is 153 cm³/mol. The van der Waals surface area contributed by atoms with Crippen LogP contribution in [0.3, 0.4) is 0 Å². The van der Waals surface area contributed by atoms with E-state index in [1.807, 2.05) is 41.5 Å². The van der Waals surface area contributed by atoms with E-state index >= 15 is 0 Å². The van der Waals surface area contributed by atoms with E-state index in [-0.39, 0.29) is 12.1 Å². The molecule has 9 nitrogen and oxygen atoms in total. The van der Waals surface area contributed by atoms with E-state index in [1.54, 1.807) is 0 Å². The Labute approximate surface area is 224 Å². The number of hydrogen-bond donors (Lipinski definition) is 1. The highest BCUT2D eigenvalue weighted by molar-refractivity contribution is 6.61. The van der Waals surface area contributed by atoms with Crippen LogP contribution in [0, 0.1) is 0 Å². The number of guanidine groups is 1. The molecule has 0 aliphatic carbocycles. The van der Waals surface area contributed by atoms with Crippen molar-refractivity contribution in [3.05, 3.63) is 0 Å². The summed E-state index contributed by atoms with van der Waals surface area (Å²) in [7, 11) is -5.39.